The molecule has 0 radical (unpaired) electrons. The van der Waals surface area contributed by atoms with Crippen molar-refractivity contribution in [2.45, 2.75) is 20.8 Å². The Balaban J connectivity index is 2.90. The molecule has 0 amide bonds. The first-order valence-electron chi connectivity index (χ1n) is 4.79. The predicted molar refractivity (Wildman–Crippen MR) is 68.1 cm³/mol. The van der Waals surface area contributed by atoms with Crippen LogP contribution in [0.5, 0.6) is 0 Å². The maximum absolute atomic E-state index is 8.62. The quantitative estimate of drug-likeness (QED) is 0.372. The molecule has 0 aromatic carbocycles. The van der Waals surface area contributed by atoms with E-state index in [1.54, 1.807) is 12.4 Å². The third-order valence-corrected chi connectivity index (χ3v) is 2.33. The van der Waals surface area contributed by atoms with Crippen LogP contribution in [-0.2, 0) is 0 Å². The number of anilines is 1. The Morgan fingerprint density at radius 2 is 2.19 bits per heavy atom. The van der Waals surface area contributed by atoms with Crippen molar-refractivity contribution < 1.29 is 0 Å². The van der Waals surface area contributed by atoms with Gasteiger partial charge in [0.15, 0.2) is 0 Å². The van der Waals surface area contributed by atoms with Crippen molar-refractivity contribution in [3.05, 3.63) is 22.9 Å². The standard InChI is InChI=1S/C11H13BrN4/c1-11(2,3)10(15-7-13)16-8-4-5-9(12)14-6-8/h4-6H,1-3H3,(H,15,16). The highest BCUT2D eigenvalue weighted by atomic mass is 79.9. The SMILES string of the molecule is CC(C)(C)/C(=N/C#N)Nc1ccc(Br)nc1. The molecule has 16 heavy (non-hydrogen) atoms. The Morgan fingerprint density at radius 3 is 2.62 bits per heavy atom. The molecule has 1 rings (SSSR count). The second kappa shape index (κ2) is 5.08. The molecule has 0 aliphatic heterocycles. The van der Waals surface area contributed by atoms with Crippen LogP contribution in [-0.4, -0.2) is 10.8 Å². The van der Waals surface area contributed by atoms with Crippen molar-refractivity contribution in [1.82, 2.24) is 4.98 Å². The first-order chi connectivity index (χ1) is 7.43. The van der Waals surface area contributed by atoms with Crippen LogP contribution in [0, 0.1) is 16.9 Å². The van der Waals surface area contributed by atoms with E-state index in [4.69, 9.17) is 5.26 Å². The first kappa shape index (κ1) is 12.7. The van der Waals surface area contributed by atoms with Gasteiger partial charge in [-0.1, -0.05) is 20.8 Å². The summed E-state index contributed by atoms with van der Waals surface area (Å²) in [6.07, 6.45) is 3.49. The minimum atomic E-state index is -0.206. The van der Waals surface area contributed by atoms with Crippen molar-refractivity contribution in [3.8, 4) is 6.19 Å². The molecule has 0 saturated heterocycles. The molecular formula is C11H13BrN4. The molecular weight excluding hydrogens is 268 g/mol. The van der Waals surface area contributed by atoms with E-state index in [2.05, 4.69) is 31.2 Å². The molecule has 0 saturated carbocycles. The number of pyridine rings is 1. The number of nitriles is 1. The smallest absolute Gasteiger partial charge is 0.207 e. The lowest BCUT2D eigenvalue weighted by molar-refractivity contribution is 0.590. The van der Waals surface area contributed by atoms with Gasteiger partial charge in [-0.25, -0.2) is 4.98 Å². The minimum absolute atomic E-state index is 0.206. The fourth-order valence-corrected chi connectivity index (χ4v) is 1.25. The van der Waals surface area contributed by atoms with Crippen LogP contribution >= 0.6 is 15.9 Å². The van der Waals surface area contributed by atoms with Gasteiger partial charge in [0.2, 0.25) is 6.19 Å². The van der Waals surface area contributed by atoms with E-state index in [9.17, 15) is 0 Å². The molecule has 0 unspecified atom stereocenters. The summed E-state index contributed by atoms with van der Waals surface area (Å²) in [6.45, 7) is 5.97. The van der Waals surface area contributed by atoms with E-state index in [0.29, 0.717) is 5.84 Å². The molecule has 1 N–H and O–H groups in total. The normalized spacial score (nSPS) is 12.1. The first-order valence-corrected chi connectivity index (χ1v) is 5.58. The Labute approximate surface area is 104 Å². The monoisotopic (exact) mass is 280 g/mol. The topological polar surface area (TPSA) is 61.1 Å². The predicted octanol–water partition coefficient (Wildman–Crippen LogP) is 3.18. The summed E-state index contributed by atoms with van der Waals surface area (Å²) < 4.78 is 0.771. The molecule has 1 aromatic heterocycles. The van der Waals surface area contributed by atoms with E-state index in [1.165, 1.54) is 0 Å². The zero-order valence-corrected chi connectivity index (χ0v) is 11.0. The summed E-state index contributed by atoms with van der Waals surface area (Å²) in [5.74, 6) is 0.624. The average Bonchev–Trinajstić information content (AvgIpc) is 2.19. The second-order valence-electron chi connectivity index (χ2n) is 4.31. The molecule has 1 aromatic rings. The van der Waals surface area contributed by atoms with E-state index >= 15 is 0 Å². The van der Waals surface area contributed by atoms with Crippen molar-refractivity contribution in [3.63, 3.8) is 0 Å². The van der Waals surface area contributed by atoms with Crippen LogP contribution in [0.2, 0.25) is 0 Å². The highest BCUT2D eigenvalue weighted by Gasteiger charge is 2.19. The van der Waals surface area contributed by atoms with Crippen LogP contribution in [0.3, 0.4) is 0 Å². The number of nitrogens with zero attached hydrogens (tertiary/aromatic N) is 3. The van der Waals surface area contributed by atoms with E-state index < -0.39 is 0 Å². The maximum atomic E-state index is 8.62. The van der Waals surface area contributed by atoms with Crippen LogP contribution < -0.4 is 5.32 Å². The van der Waals surface area contributed by atoms with Crippen LogP contribution in [0.15, 0.2) is 27.9 Å². The largest absolute Gasteiger partial charge is 0.341 e. The third kappa shape index (κ3) is 3.63. The lowest BCUT2D eigenvalue weighted by Crippen LogP contribution is -2.28. The molecule has 84 valence electrons. The van der Waals surface area contributed by atoms with Crippen LogP contribution in [0.25, 0.3) is 0 Å². The van der Waals surface area contributed by atoms with E-state index in [1.807, 2.05) is 32.9 Å². The Hall–Kier alpha value is -1.41. The summed E-state index contributed by atoms with van der Waals surface area (Å²) in [6, 6.07) is 3.70. The number of aliphatic imine (C=N–C) groups is 1. The molecule has 0 fully saturated rings. The van der Waals surface area contributed by atoms with Crippen LogP contribution in [0.4, 0.5) is 5.69 Å². The lowest BCUT2D eigenvalue weighted by Gasteiger charge is -2.21. The molecule has 5 heteroatoms. The number of hydrogen-bond donors (Lipinski definition) is 1. The number of hydrogen-bond acceptors (Lipinski definition) is 3. The summed E-state index contributed by atoms with van der Waals surface area (Å²) >= 11 is 3.26. The van der Waals surface area contributed by atoms with E-state index in [-0.39, 0.29) is 5.41 Å². The zero-order chi connectivity index (χ0) is 12.2. The van der Waals surface area contributed by atoms with Gasteiger partial charge in [0.25, 0.3) is 0 Å². The highest BCUT2D eigenvalue weighted by Crippen LogP contribution is 2.19. The maximum Gasteiger partial charge on any atom is 0.207 e. The van der Waals surface area contributed by atoms with Gasteiger partial charge in [-0.3, -0.25) is 0 Å². The molecule has 0 spiro atoms. The van der Waals surface area contributed by atoms with Gasteiger partial charge >= 0.3 is 0 Å². The summed E-state index contributed by atoms with van der Waals surface area (Å²) in [5, 5.41) is 11.7. The van der Waals surface area contributed by atoms with Gasteiger partial charge in [0.1, 0.15) is 10.4 Å². The Morgan fingerprint density at radius 1 is 1.50 bits per heavy atom. The zero-order valence-electron chi connectivity index (χ0n) is 9.45. The molecule has 1 heterocycles. The Bertz CT molecular complexity index is 423. The Kier molecular flexibility index (Phi) is 4.02. The van der Waals surface area contributed by atoms with Gasteiger partial charge in [-0.05, 0) is 28.1 Å². The van der Waals surface area contributed by atoms with Gasteiger partial charge in [0, 0.05) is 5.41 Å². The average molecular weight is 281 g/mol. The fourth-order valence-electron chi connectivity index (χ4n) is 1.02. The molecule has 0 atom stereocenters. The molecule has 0 aliphatic rings. The summed E-state index contributed by atoms with van der Waals surface area (Å²) in [4.78, 5) is 7.88. The molecule has 0 bridgehead atoms. The van der Waals surface area contributed by atoms with Gasteiger partial charge in [-0.2, -0.15) is 10.3 Å². The third-order valence-electron chi connectivity index (χ3n) is 1.86. The number of nitrogens with one attached hydrogen (secondary N) is 1. The minimum Gasteiger partial charge on any atom is -0.341 e. The second-order valence-corrected chi connectivity index (χ2v) is 5.12. The van der Waals surface area contributed by atoms with Crippen LogP contribution in [0.1, 0.15) is 20.8 Å². The number of rotatable bonds is 1. The van der Waals surface area contributed by atoms with Gasteiger partial charge < -0.3 is 5.32 Å². The van der Waals surface area contributed by atoms with Crippen molar-refractivity contribution in [2.75, 3.05) is 5.32 Å². The number of aromatic nitrogens is 1. The summed E-state index contributed by atoms with van der Waals surface area (Å²) in [5.41, 5.74) is 0.607. The number of amidine groups is 1. The molecule has 0 aliphatic carbocycles. The van der Waals surface area contributed by atoms with Crippen molar-refractivity contribution in [1.29, 1.82) is 5.26 Å². The molecule has 4 nitrogen and oxygen atoms in total. The van der Waals surface area contributed by atoms with Gasteiger partial charge in [0.05, 0.1) is 11.9 Å². The lowest BCUT2D eigenvalue weighted by atomic mass is 9.95. The fraction of sp³-hybridized carbons (Fsp3) is 0.364. The van der Waals surface area contributed by atoms with Crippen molar-refractivity contribution in [2.24, 2.45) is 10.4 Å². The highest BCUT2D eigenvalue weighted by molar-refractivity contribution is 9.10. The van der Waals surface area contributed by atoms with E-state index in [0.717, 1.165) is 10.3 Å². The number of halogens is 1. The van der Waals surface area contributed by atoms with Gasteiger partial charge in [-0.15, -0.1) is 0 Å². The van der Waals surface area contributed by atoms with Crippen molar-refractivity contribution >= 4 is 27.5 Å². The summed E-state index contributed by atoms with van der Waals surface area (Å²) in [7, 11) is 0.